The molecule has 3 aromatic rings. The lowest BCUT2D eigenvalue weighted by molar-refractivity contribution is -0.139. The molecule has 1 N–H and O–H groups in total. The SMILES string of the molecule is COc1ccc(C2=NN(c3ccccc3)C(=O)/C2=C/c2ccccc2OCC(=O)O)cc1. The molecule has 0 radical (unpaired) electrons. The third-order valence-corrected chi connectivity index (χ3v) is 4.81. The first-order valence-electron chi connectivity index (χ1n) is 9.85. The monoisotopic (exact) mass is 428 g/mol. The second-order valence-electron chi connectivity index (χ2n) is 6.91. The number of amides is 1. The van der Waals surface area contributed by atoms with Gasteiger partial charge in [-0.2, -0.15) is 10.1 Å². The summed E-state index contributed by atoms with van der Waals surface area (Å²) in [6, 6.07) is 23.4. The Morgan fingerprint density at radius 3 is 2.38 bits per heavy atom. The van der Waals surface area contributed by atoms with E-state index in [1.807, 2.05) is 30.3 Å². The van der Waals surface area contributed by atoms with Crippen molar-refractivity contribution in [3.05, 3.63) is 95.6 Å². The van der Waals surface area contributed by atoms with Crippen LogP contribution in [0.5, 0.6) is 11.5 Å². The average Bonchev–Trinajstić information content (AvgIpc) is 3.15. The van der Waals surface area contributed by atoms with Gasteiger partial charge >= 0.3 is 5.97 Å². The third-order valence-electron chi connectivity index (χ3n) is 4.81. The van der Waals surface area contributed by atoms with Gasteiger partial charge < -0.3 is 14.6 Å². The number of anilines is 1. The average molecular weight is 428 g/mol. The maximum absolute atomic E-state index is 13.4. The molecule has 160 valence electrons. The van der Waals surface area contributed by atoms with Crippen LogP contribution in [0.15, 0.2) is 89.5 Å². The minimum absolute atomic E-state index is 0.296. The second-order valence-corrected chi connectivity index (χ2v) is 6.91. The minimum Gasteiger partial charge on any atom is -0.497 e. The van der Waals surface area contributed by atoms with Gasteiger partial charge in [-0.15, -0.1) is 0 Å². The molecule has 0 fully saturated rings. The predicted octanol–water partition coefficient (Wildman–Crippen LogP) is 3.99. The molecule has 1 heterocycles. The fraction of sp³-hybridized carbons (Fsp3) is 0.0800. The van der Waals surface area contributed by atoms with E-state index in [2.05, 4.69) is 5.10 Å². The van der Waals surface area contributed by atoms with E-state index >= 15 is 0 Å². The molecule has 0 unspecified atom stereocenters. The van der Waals surface area contributed by atoms with E-state index in [9.17, 15) is 9.59 Å². The third kappa shape index (κ3) is 4.37. The maximum atomic E-state index is 13.4. The van der Waals surface area contributed by atoms with E-state index in [1.165, 1.54) is 5.01 Å². The van der Waals surface area contributed by atoms with Gasteiger partial charge in [0.15, 0.2) is 6.61 Å². The molecule has 7 nitrogen and oxygen atoms in total. The Hall–Kier alpha value is -4.39. The van der Waals surface area contributed by atoms with E-state index in [0.29, 0.717) is 34.0 Å². The number of hydrogen-bond acceptors (Lipinski definition) is 5. The van der Waals surface area contributed by atoms with Gasteiger partial charge in [-0.05, 0) is 48.5 Å². The second kappa shape index (κ2) is 9.18. The lowest BCUT2D eigenvalue weighted by Gasteiger charge is -2.11. The molecule has 4 rings (SSSR count). The van der Waals surface area contributed by atoms with Crippen molar-refractivity contribution in [2.45, 2.75) is 0 Å². The highest BCUT2D eigenvalue weighted by molar-refractivity contribution is 6.37. The van der Waals surface area contributed by atoms with Crippen molar-refractivity contribution < 1.29 is 24.2 Å². The maximum Gasteiger partial charge on any atom is 0.341 e. The number of carboxylic acids is 1. The van der Waals surface area contributed by atoms with Crippen molar-refractivity contribution in [2.24, 2.45) is 5.10 Å². The number of benzene rings is 3. The Balaban J connectivity index is 1.79. The largest absolute Gasteiger partial charge is 0.497 e. The Morgan fingerprint density at radius 2 is 1.69 bits per heavy atom. The lowest BCUT2D eigenvalue weighted by atomic mass is 9.99. The Kier molecular flexibility index (Phi) is 5.98. The van der Waals surface area contributed by atoms with Crippen molar-refractivity contribution in [3.8, 4) is 11.5 Å². The molecule has 0 bridgehead atoms. The van der Waals surface area contributed by atoms with E-state index in [4.69, 9.17) is 14.6 Å². The predicted molar refractivity (Wildman–Crippen MR) is 121 cm³/mol. The van der Waals surface area contributed by atoms with Crippen molar-refractivity contribution in [1.82, 2.24) is 0 Å². The lowest BCUT2D eigenvalue weighted by Crippen LogP contribution is -2.21. The number of methoxy groups -OCH3 is 1. The number of ether oxygens (including phenoxy) is 2. The van der Waals surface area contributed by atoms with Crippen LogP contribution in [0.1, 0.15) is 11.1 Å². The van der Waals surface area contributed by atoms with Gasteiger partial charge in [0, 0.05) is 11.1 Å². The topological polar surface area (TPSA) is 88.4 Å². The van der Waals surface area contributed by atoms with Crippen molar-refractivity contribution in [1.29, 1.82) is 0 Å². The zero-order chi connectivity index (χ0) is 22.5. The molecular weight excluding hydrogens is 408 g/mol. The summed E-state index contributed by atoms with van der Waals surface area (Å²) in [5, 5.41) is 14.9. The number of rotatable bonds is 7. The van der Waals surface area contributed by atoms with E-state index in [0.717, 1.165) is 5.56 Å². The summed E-state index contributed by atoms with van der Waals surface area (Å²) < 4.78 is 10.6. The molecule has 0 saturated carbocycles. The first-order valence-corrected chi connectivity index (χ1v) is 9.85. The fourth-order valence-electron chi connectivity index (χ4n) is 3.28. The number of carboxylic acid groups (broad SMARTS) is 1. The molecule has 0 atom stereocenters. The van der Waals surface area contributed by atoms with Crippen LogP contribution in [0.3, 0.4) is 0 Å². The first kappa shape index (κ1) is 20.9. The number of carbonyl (C=O) groups is 2. The van der Waals surface area contributed by atoms with Crippen molar-refractivity contribution in [3.63, 3.8) is 0 Å². The summed E-state index contributed by atoms with van der Waals surface area (Å²) in [6.07, 6.45) is 1.67. The highest BCUT2D eigenvalue weighted by Gasteiger charge is 2.32. The zero-order valence-electron chi connectivity index (χ0n) is 17.3. The summed E-state index contributed by atoms with van der Waals surface area (Å²) in [6.45, 7) is -0.482. The first-order chi connectivity index (χ1) is 15.6. The number of nitrogens with zero attached hydrogens (tertiary/aromatic N) is 2. The van der Waals surface area contributed by atoms with Crippen LogP contribution in [-0.2, 0) is 9.59 Å². The van der Waals surface area contributed by atoms with Crippen molar-refractivity contribution in [2.75, 3.05) is 18.7 Å². The molecular formula is C25H20N2O5. The van der Waals surface area contributed by atoms with E-state index in [1.54, 1.807) is 61.7 Å². The Morgan fingerprint density at radius 1 is 1.00 bits per heavy atom. The Bertz CT molecular complexity index is 1200. The summed E-state index contributed by atoms with van der Waals surface area (Å²) in [5.74, 6) is -0.325. The highest BCUT2D eigenvalue weighted by atomic mass is 16.5. The van der Waals surface area contributed by atoms with E-state index < -0.39 is 12.6 Å². The zero-order valence-corrected chi connectivity index (χ0v) is 17.3. The van der Waals surface area contributed by atoms with Gasteiger partial charge in [-0.3, -0.25) is 4.79 Å². The smallest absolute Gasteiger partial charge is 0.341 e. The molecule has 0 spiro atoms. The number of para-hydroxylation sites is 2. The van der Waals surface area contributed by atoms with Crippen LogP contribution in [0.2, 0.25) is 0 Å². The van der Waals surface area contributed by atoms with Crippen LogP contribution < -0.4 is 14.5 Å². The number of aliphatic carboxylic acids is 1. The highest BCUT2D eigenvalue weighted by Crippen LogP contribution is 2.30. The molecule has 3 aromatic carbocycles. The van der Waals surface area contributed by atoms with Crippen LogP contribution in [0.25, 0.3) is 6.08 Å². The van der Waals surface area contributed by atoms with Gasteiger partial charge in [0.25, 0.3) is 5.91 Å². The number of carbonyl (C=O) groups excluding carboxylic acids is 1. The van der Waals surface area contributed by atoms with Crippen molar-refractivity contribution >= 4 is 29.4 Å². The minimum atomic E-state index is -1.08. The molecule has 1 amide bonds. The molecule has 1 aliphatic rings. The standard InChI is InChI=1S/C25H20N2O5/c1-31-20-13-11-17(12-14-20)24-21(25(30)27(26-24)19-8-3-2-4-9-19)15-18-7-5-6-10-22(18)32-16-23(28)29/h2-15H,16H2,1H3,(H,28,29)/b21-15+. The summed E-state index contributed by atoms with van der Waals surface area (Å²) in [7, 11) is 1.59. The van der Waals surface area contributed by atoms with Gasteiger partial charge in [-0.1, -0.05) is 36.4 Å². The summed E-state index contributed by atoms with van der Waals surface area (Å²) in [5.41, 5.74) is 2.82. The normalized spacial score (nSPS) is 14.4. The van der Waals surface area contributed by atoms with Gasteiger partial charge in [0.2, 0.25) is 0 Å². The molecule has 7 heteroatoms. The van der Waals surface area contributed by atoms with Crippen LogP contribution in [0, 0.1) is 0 Å². The van der Waals surface area contributed by atoms with E-state index in [-0.39, 0.29) is 5.91 Å². The quantitative estimate of drug-likeness (QED) is 0.575. The molecule has 0 aromatic heterocycles. The number of hydrazone groups is 1. The molecule has 1 aliphatic heterocycles. The van der Waals surface area contributed by atoms with Crippen LogP contribution in [-0.4, -0.2) is 36.4 Å². The summed E-state index contributed by atoms with van der Waals surface area (Å²) >= 11 is 0. The van der Waals surface area contributed by atoms with Crippen LogP contribution >= 0.6 is 0 Å². The Labute approximate surface area is 184 Å². The molecule has 0 aliphatic carbocycles. The summed E-state index contributed by atoms with van der Waals surface area (Å²) in [4.78, 5) is 24.3. The fourth-order valence-corrected chi connectivity index (χ4v) is 3.28. The molecule has 32 heavy (non-hydrogen) atoms. The number of hydrogen-bond donors (Lipinski definition) is 1. The van der Waals surface area contributed by atoms with Crippen LogP contribution in [0.4, 0.5) is 5.69 Å². The van der Waals surface area contributed by atoms with Gasteiger partial charge in [0.05, 0.1) is 18.4 Å². The molecule has 0 saturated heterocycles. The van der Waals surface area contributed by atoms with Gasteiger partial charge in [0.1, 0.15) is 17.2 Å². The van der Waals surface area contributed by atoms with Gasteiger partial charge in [-0.25, -0.2) is 4.79 Å².